The van der Waals surface area contributed by atoms with Gasteiger partial charge in [0.15, 0.2) is 0 Å². The van der Waals surface area contributed by atoms with Crippen LogP contribution in [-0.2, 0) is 10.4 Å². The predicted molar refractivity (Wildman–Crippen MR) is 88.1 cm³/mol. The molecular weight excluding hydrogens is 355 g/mol. The van der Waals surface area contributed by atoms with E-state index in [1.165, 1.54) is 6.07 Å². The minimum Gasteiger partial charge on any atom is -0.466 e. The predicted octanol–water partition coefficient (Wildman–Crippen LogP) is 4.02. The molecule has 0 spiro atoms. The highest BCUT2D eigenvalue weighted by Gasteiger charge is 2.58. The van der Waals surface area contributed by atoms with Gasteiger partial charge in [-0.15, -0.1) is 11.8 Å². The molecule has 0 bridgehead atoms. The van der Waals surface area contributed by atoms with Gasteiger partial charge >= 0.3 is 6.18 Å². The fourth-order valence-corrected chi connectivity index (χ4v) is 2.75. The maximum absolute atomic E-state index is 13.3. The van der Waals surface area contributed by atoms with Crippen molar-refractivity contribution in [1.82, 2.24) is 5.32 Å². The molecular formula is C17H18F3NO3S. The van der Waals surface area contributed by atoms with Crippen LogP contribution in [0, 0.1) is 0 Å². The summed E-state index contributed by atoms with van der Waals surface area (Å²) in [6, 6.07) is 9.01. The molecule has 0 saturated carbocycles. The number of hydrogen-bond acceptors (Lipinski definition) is 4. The maximum Gasteiger partial charge on any atom is 0.425 e. The number of thioether (sulfide) groups is 1. The molecule has 2 atom stereocenters. The number of aliphatic hydroxyl groups is 1. The summed E-state index contributed by atoms with van der Waals surface area (Å²) in [5.74, 6) is -1.65. The number of amides is 1. The van der Waals surface area contributed by atoms with Crippen LogP contribution in [0.4, 0.5) is 13.2 Å². The molecule has 1 aromatic heterocycles. The smallest absolute Gasteiger partial charge is 0.425 e. The van der Waals surface area contributed by atoms with Crippen molar-refractivity contribution in [2.75, 3.05) is 6.26 Å². The van der Waals surface area contributed by atoms with Crippen molar-refractivity contribution in [3.63, 3.8) is 0 Å². The van der Waals surface area contributed by atoms with Crippen molar-refractivity contribution in [1.29, 1.82) is 0 Å². The van der Waals surface area contributed by atoms with Gasteiger partial charge in [0, 0.05) is 4.90 Å². The molecule has 0 aliphatic heterocycles. The molecule has 2 N–H and O–H groups in total. The number of carbonyl (C=O) groups excluding carboxylic acids is 1. The molecule has 8 heteroatoms. The summed E-state index contributed by atoms with van der Waals surface area (Å²) in [5.41, 5.74) is -2.62. The van der Waals surface area contributed by atoms with E-state index in [1.54, 1.807) is 30.8 Å². The zero-order chi connectivity index (χ0) is 18.7. The monoisotopic (exact) mass is 373 g/mol. The molecule has 25 heavy (non-hydrogen) atoms. The van der Waals surface area contributed by atoms with Crippen LogP contribution in [0.2, 0.25) is 0 Å². The Morgan fingerprint density at radius 3 is 2.40 bits per heavy atom. The molecule has 4 nitrogen and oxygen atoms in total. The van der Waals surface area contributed by atoms with Crippen LogP contribution in [0.5, 0.6) is 0 Å². The average molecular weight is 373 g/mol. The first-order valence-corrected chi connectivity index (χ1v) is 8.66. The van der Waals surface area contributed by atoms with Gasteiger partial charge in [-0.1, -0.05) is 12.1 Å². The summed E-state index contributed by atoms with van der Waals surface area (Å²) in [4.78, 5) is 13.1. The number of halogens is 3. The zero-order valence-corrected chi connectivity index (χ0v) is 14.4. The van der Waals surface area contributed by atoms with Crippen LogP contribution in [0.25, 0.3) is 0 Å². The summed E-state index contributed by atoms with van der Waals surface area (Å²) in [7, 11) is 0. The van der Waals surface area contributed by atoms with Gasteiger partial charge in [0.05, 0.1) is 18.7 Å². The first-order chi connectivity index (χ1) is 11.7. The van der Waals surface area contributed by atoms with Crippen molar-refractivity contribution in [3.05, 3.63) is 54.0 Å². The van der Waals surface area contributed by atoms with Gasteiger partial charge in [0.1, 0.15) is 5.76 Å². The third-order valence-corrected chi connectivity index (χ3v) is 4.55. The van der Waals surface area contributed by atoms with Crippen LogP contribution in [0.15, 0.2) is 52.0 Å². The average Bonchev–Trinajstić information content (AvgIpc) is 3.08. The summed E-state index contributed by atoms with van der Waals surface area (Å²) in [5, 5.41) is 12.5. The quantitative estimate of drug-likeness (QED) is 0.751. The second-order valence-electron chi connectivity index (χ2n) is 5.57. The molecule has 2 aromatic rings. The molecule has 2 rings (SSSR count). The van der Waals surface area contributed by atoms with E-state index in [4.69, 9.17) is 0 Å². The molecule has 136 valence electrons. The minimum absolute atomic E-state index is 0.502. The first-order valence-electron chi connectivity index (χ1n) is 7.44. The zero-order valence-electron chi connectivity index (χ0n) is 13.6. The molecule has 0 unspecified atom stereocenters. The van der Waals surface area contributed by atoms with Gasteiger partial charge < -0.3 is 14.8 Å². The molecule has 0 radical (unpaired) electrons. The lowest BCUT2D eigenvalue weighted by Crippen LogP contribution is -2.46. The van der Waals surface area contributed by atoms with Gasteiger partial charge in [-0.25, -0.2) is 0 Å². The highest BCUT2D eigenvalue weighted by atomic mass is 32.2. The topological polar surface area (TPSA) is 62.5 Å². The number of alkyl halides is 3. The van der Waals surface area contributed by atoms with E-state index < -0.39 is 35.9 Å². The Morgan fingerprint density at radius 2 is 1.92 bits per heavy atom. The molecule has 1 amide bonds. The third kappa shape index (κ3) is 4.38. The maximum atomic E-state index is 13.3. The lowest BCUT2D eigenvalue weighted by Gasteiger charge is -2.28. The molecule has 1 heterocycles. The largest absolute Gasteiger partial charge is 0.466 e. The standard InChI is InChI=1S/C17H18F3NO3S/c1-11(12-5-7-13(25-2)8-6-12)21-15(22)10-16(23,17(18,19)20)14-4-3-9-24-14/h3-9,11,23H,10H2,1-2H3,(H,21,22)/t11-,16+/m0/s1. The molecule has 0 aliphatic carbocycles. The van der Waals surface area contributed by atoms with E-state index in [2.05, 4.69) is 9.73 Å². The second kappa shape index (κ2) is 7.53. The Bertz CT molecular complexity index is 701. The Morgan fingerprint density at radius 1 is 1.28 bits per heavy atom. The Labute approximate surface area is 147 Å². The van der Waals surface area contributed by atoms with Crippen LogP contribution >= 0.6 is 11.8 Å². The van der Waals surface area contributed by atoms with Crippen molar-refractivity contribution >= 4 is 17.7 Å². The lowest BCUT2D eigenvalue weighted by atomic mass is 9.95. The van der Waals surface area contributed by atoms with Gasteiger partial charge in [0.25, 0.3) is 0 Å². The fourth-order valence-electron chi connectivity index (χ4n) is 2.34. The number of benzene rings is 1. The Balaban J connectivity index is 2.11. The second-order valence-corrected chi connectivity index (χ2v) is 6.45. The van der Waals surface area contributed by atoms with Crippen molar-refractivity contribution in [2.24, 2.45) is 0 Å². The molecule has 0 aliphatic rings. The van der Waals surface area contributed by atoms with Gasteiger partial charge in [-0.05, 0) is 43.0 Å². The SMILES string of the molecule is CSc1ccc([C@H](C)NC(=O)C[C@@](O)(c2ccco2)C(F)(F)F)cc1. The summed E-state index contributed by atoms with van der Waals surface area (Å²) < 4.78 is 44.5. The van der Waals surface area contributed by atoms with E-state index in [0.717, 1.165) is 22.8 Å². The number of carbonyl (C=O) groups is 1. The lowest BCUT2D eigenvalue weighted by molar-refractivity contribution is -0.273. The van der Waals surface area contributed by atoms with Crippen LogP contribution in [0.1, 0.15) is 30.7 Å². The van der Waals surface area contributed by atoms with Gasteiger partial charge in [-0.3, -0.25) is 4.79 Å². The molecule has 0 fully saturated rings. The summed E-state index contributed by atoms with van der Waals surface area (Å²) in [6.45, 7) is 1.66. The van der Waals surface area contributed by atoms with E-state index in [-0.39, 0.29) is 0 Å². The third-order valence-electron chi connectivity index (χ3n) is 3.81. The number of furan rings is 1. The van der Waals surface area contributed by atoms with E-state index >= 15 is 0 Å². The summed E-state index contributed by atoms with van der Waals surface area (Å²) >= 11 is 1.56. The number of rotatable bonds is 6. The highest BCUT2D eigenvalue weighted by molar-refractivity contribution is 7.98. The van der Waals surface area contributed by atoms with Crippen molar-refractivity contribution in [2.45, 2.75) is 36.1 Å². The van der Waals surface area contributed by atoms with E-state index in [0.29, 0.717) is 0 Å². The molecule has 0 saturated heterocycles. The summed E-state index contributed by atoms with van der Waals surface area (Å²) in [6.07, 6.45) is -3.30. The molecule has 1 aromatic carbocycles. The number of nitrogens with one attached hydrogen (secondary N) is 1. The highest BCUT2D eigenvalue weighted by Crippen LogP contribution is 2.41. The van der Waals surface area contributed by atoms with Crippen LogP contribution in [-0.4, -0.2) is 23.4 Å². The van der Waals surface area contributed by atoms with Gasteiger partial charge in [0.2, 0.25) is 11.5 Å². The Hall–Kier alpha value is -1.93. The van der Waals surface area contributed by atoms with Crippen molar-refractivity contribution < 1.29 is 27.5 Å². The normalized spacial score (nSPS) is 15.4. The fraction of sp³-hybridized carbons (Fsp3) is 0.353. The van der Waals surface area contributed by atoms with E-state index in [1.807, 2.05) is 18.4 Å². The van der Waals surface area contributed by atoms with E-state index in [9.17, 15) is 23.1 Å². The van der Waals surface area contributed by atoms with Crippen molar-refractivity contribution in [3.8, 4) is 0 Å². The number of hydrogen-bond donors (Lipinski definition) is 2. The van der Waals surface area contributed by atoms with Crippen LogP contribution < -0.4 is 5.32 Å². The minimum atomic E-state index is -5.05. The van der Waals surface area contributed by atoms with Gasteiger partial charge in [-0.2, -0.15) is 13.2 Å². The van der Waals surface area contributed by atoms with Crippen LogP contribution in [0.3, 0.4) is 0 Å². The Kier molecular flexibility index (Phi) is 5.84. The first kappa shape index (κ1) is 19.4.